The van der Waals surface area contributed by atoms with E-state index in [0.29, 0.717) is 33.2 Å². The Bertz CT molecular complexity index is 1170. The lowest BCUT2D eigenvalue weighted by molar-refractivity contribution is 0.138. The summed E-state index contributed by atoms with van der Waals surface area (Å²) in [7, 11) is 1.52. The van der Waals surface area contributed by atoms with Gasteiger partial charge in [-0.25, -0.2) is 4.39 Å². The maximum atomic E-state index is 13.8. The van der Waals surface area contributed by atoms with E-state index in [4.69, 9.17) is 4.74 Å². The van der Waals surface area contributed by atoms with Crippen LogP contribution in [-0.2, 0) is 18.1 Å². The van der Waals surface area contributed by atoms with Crippen molar-refractivity contribution in [2.45, 2.75) is 13.3 Å². The number of fused-ring (bicyclic) bond motifs is 3. The molecule has 0 aliphatic heterocycles. The normalized spacial score (nSPS) is 11.5. The molecule has 0 unspecified atom stereocenters. The maximum absolute atomic E-state index is 13.8. The van der Waals surface area contributed by atoms with Gasteiger partial charge in [0.1, 0.15) is 18.1 Å². The zero-order chi connectivity index (χ0) is 18.3. The molecule has 0 aliphatic carbocycles. The van der Waals surface area contributed by atoms with Crippen molar-refractivity contribution in [1.29, 1.82) is 0 Å². The van der Waals surface area contributed by atoms with Gasteiger partial charge in [-0.1, -0.05) is 18.2 Å². The Morgan fingerprint density at radius 3 is 2.65 bits per heavy atom. The number of aliphatic hydroxyl groups is 1. The van der Waals surface area contributed by atoms with Gasteiger partial charge in [0.2, 0.25) is 0 Å². The van der Waals surface area contributed by atoms with Gasteiger partial charge in [0.15, 0.2) is 0 Å². The molecule has 0 aliphatic rings. The highest BCUT2D eigenvalue weighted by Crippen LogP contribution is 2.30. The minimum Gasteiger partial charge on any atom is -0.390 e. The minimum atomic E-state index is -0.426. The second kappa shape index (κ2) is 6.36. The molecule has 26 heavy (non-hydrogen) atoms. The van der Waals surface area contributed by atoms with E-state index in [1.54, 1.807) is 34.9 Å². The molecule has 132 valence electrons. The molecule has 2 aromatic carbocycles. The molecule has 2 heterocycles. The summed E-state index contributed by atoms with van der Waals surface area (Å²) in [4.78, 5) is 13.2. The Kier molecular flexibility index (Phi) is 4.02. The summed E-state index contributed by atoms with van der Waals surface area (Å²) in [6, 6.07) is 13.2. The van der Waals surface area contributed by atoms with E-state index in [9.17, 15) is 14.3 Å². The number of rotatable bonds is 4. The first kappa shape index (κ1) is 16.4. The summed E-state index contributed by atoms with van der Waals surface area (Å²) in [6.45, 7) is -0.267. The third kappa shape index (κ3) is 2.40. The molecule has 0 bridgehead atoms. The van der Waals surface area contributed by atoms with Gasteiger partial charge in [-0.3, -0.25) is 4.79 Å². The molecule has 0 amide bonds. The van der Waals surface area contributed by atoms with E-state index in [1.807, 2.05) is 6.07 Å². The fourth-order valence-corrected chi connectivity index (χ4v) is 3.28. The van der Waals surface area contributed by atoms with Crippen LogP contribution in [0.5, 0.6) is 0 Å². The molecule has 0 saturated carbocycles. The first-order chi connectivity index (χ1) is 12.7. The lowest BCUT2D eigenvalue weighted by atomic mass is 10.1. The molecule has 0 fully saturated rings. The van der Waals surface area contributed by atoms with Gasteiger partial charge < -0.3 is 14.4 Å². The van der Waals surface area contributed by atoms with E-state index in [1.165, 1.54) is 23.9 Å². The van der Waals surface area contributed by atoms with Crippen LogP contribution in [0.15, 0.2) is 53.3 Å². The maximum Gasteiger partial charge on any atom is 0.296 e. The first-order valence-electron chi connectivity index (χ1n) is 8.04. The molecule has 0 radical (unpaired) electrons. The number of halogens is 1. The molecule has 1 N–H and O–H groups in total. The van der Waals surface area contributed by atoms with E-state index in [2.05, 4.69) is 5.10 Å². The first-order valence-corrected chi connectivity index (χ1v) is 8.04. The average Bonchev–Trinajstić information content (AvgIpc) is 2.98. The van der Waals surface area contributed by atoms with Crippen LogP contribution in [0.1, 0.15) is 5.69 Å². The summed E-state index contributed by atoms with van der Waals surface area (Å²) >= 11 is 0. The fraction of sp³-hybridized carbons (Fsp3) is 0.158. The molecule has 2 aromatic heterocycles. The van der Waals surface area contributed by atoms with Crippen molar-refractivity contribution >= 4 is 21.8 Å². The molecule has 0 atom stereocenters. The van der Waals surface area contributed by atoms with Gasteiger partial charge in [-0.15, -0.1) is 0 Å². The second-order valence-electron chi connectivity index (χ2n) is 5.89. The van der Waals surface area contributed by atoms with Crippen molar-refractivity contribution in [3.8, 4) is 5.69 Å². The monoisotopic (exact) mass is 353 g/mol. The quantitative estimate of drug-likeness (QED) is 0.612. The highest BCUT2D eigenvalue weighted by atomic mass is 19.1. The van der Waals surface area contributed by atoms with Crippen LogP contribution in [0.2, 0.25) is 0 Å². The molecular formula is C19H16FN3O3. The lowest BCUT2D eigenvalue weighted by Gasteiger charge is -2.10. The van der Waals surface area contributed by atoms with E-state index in [0.717, 1.165) is 0 Å². The van der Waals surface area contributed by atoms with Crippen LogP contribution in [-0.4, -0.2) is 26.6 Å². The smallest absolute Gasteiger partial charge is 0.296 e. The second-order valence-corrected chi connectivity index (χ2v) is 5.89. The summed E-state index contributed by atoms with van der Waals surface area (Å²) in [5.74, 6) is -0.426. The van der Waals surface area contributed by atoms with Gasteiger partial charge in [0.05, 0.1) is 23.5 Å². The van der Waals surface area contributed by atoms with Crippen molar-refractivity contribution in [2.75, 3.05) is 7.11 Å². The topological polar surface area (TPSA) is 69.3 Å². The van der Waals surface area contributed by atoms with E-state index < -0.39 is 5.82 Å². The average molecular weight is 353 g/mol. The van der Waals surface area contributed by atoms with Crippen molar-refractivity contribution in [3.63, 3.8) is 0 Å². The number of nitrogens with zero attached hydrogens (tertiary/aromatic N) is 3. The zero-order valence-electron chi connectivity index (χ0n) is 14.0. The Morgan fingerprint density at radius 1 is 1.19 bits per heavy atom. The Balaban J connectivity index is 2.21. The molecule has 6 nitrogen and oxygen atoms in total. The van der Waals surface area contributed by atoms with E-state index in [-0.39, 0.29) is 18.9 Å². The van der Waals surface area contributed by atoms with Crippen LogP contribution >= 0.6 is 0 Å². The van der Waals surface area contributed by atoms with Crippen molar-refractivity contribution in [1.82, 2.24) is 14.3 Å². The summed E-state index contributed by atoms with van der Waals surface area (Å²) < 4.78 is 22.0. The van der Waals surface area contributed by atoms with Crippen LogP contribution < -0.4 is 5.56 Å². The van der Waals surface area contributed by atoms with Gasteiger partial charge in [-0.2, -0.15) is 9.78 Å². The van der Waals surface area contributed by atoms with Gasteiger partial charge in [-0.05, 0) is 30.3 Å². The molecule has 4 rings (SSSR count). The number of methoxy groups -OCH3 is 1. The summed E-state index contributed by atoms with van der Waals surface area (Å²) in [5, 5.41) is 15.1. The Morgan fingerprint density at radius 2 is 1.96 bits per heavy atom. The van der Waals surface area contributed by atoms with Gasteiger partial charge >= 0.3 is 0 Å². The summed E-state index contributed by atoms with van der Waals surface area (Å²) in [5.41, 5.74) is 1.47. The predicted octanol–water partition coefficient (Wildman–Crippen LogP) is 2.58. The molecule has 7 heteroatoms. The Hall–Kier alpha value is -3.03. The number of hydrogen-bond donors (Lipinski definition) is 1. The molecule has 4 aromatic rings. The van der Waals surface area contributed by atoms with Crippen LogP contribution in [0.4, 0.5) is 4.39 Å². The third-order valence-corrected chi connectivity index (χ3v) is 4.34. The number of ether oxygens (including phenoxy) is 1. The highest BCUT2D eigenvalue weighted by molar-refractivity contribution is 6.09. The van der Waals surface area contributed by atoms with Crippen molar-refractivity contribution in [2.24, 2.45) is 0 Å². The fourth-order valence-electron chi connectivity index (χ4n) is 3.28. The Labute approximate surface area is 147 Å². The van der Waals surface area contributed by atoms with Crippen LogP contribution in [0.25, 0.3) is 27.5 Å². The third-order valence-electron chi connectivity index (χ3n) is 4.34. The van der Waals surface area contributed by atoms with Crippen LogP contribution in [0, 0.1) is 5.82 Å². The van der Waals surface area contributed by atoms with Crippen LogP contribution in [0.3, 0.4) is 0 Å². The largest absolute Gasteiger partial charge is 0.390 e. The number of aliphatic hydroxyl groups excluding tert-OH is 1. The number of hydrogen-bond acceptors (Lipinski definition) is 4. The number of benzene rings is 2. The molecule has 0 spiro atoms. The van der Waals surface area contributed by atoms with Gasteiger partial charge in [0, 0.05) is 17.9 Å². The number of aromatic nitrogens is 3. The lowest BCUT2D eigenvalue weighted by Crippen LogP contribution is -2.25. The van der Waals surface area contributed by atoms with Crippen molar-refractivity contribution in [3.05, 3.63) is 70.4 Å². The summed E-state index contributed by atoms with van der Waals surface area (Å²) in [6.07, 6.45) is 0. The van der Waals surface area contributed by atoms with E-state index >= 15 is 0 Å². The number of para-hydroxylation sites is 1. The SMILES string of the molecule is COCn1c2ccc(F)cc2c2c(CO)nn(-c3ccccc3)c(=O)c21. The van der Waals surface area contributed by atoms with Crippen molar-refractivity contribution < 1.29 is 14.2 Å². The molecular weight excluding hydrogens is 337 g/mol. The highest BCUT2D eigenvalue weighted by Gasteiger charge is 2.21. The minimum absolute atomic E-state index is 0.116. The zero-order valence-corrected chi connectivity index (χ0v) is 14.0. The van der Waals surface area contributed by atoms with Gasteiger partial charge in [0.25, 0.3) is 5.56 Å². The standard InChI is InChI=1S/C19H16FN3O3/c1-26-11-22-16-8-7-12(20)9-14(16)17-15(10-24)21-23(19(25)18(17)22)13-5-3-2-4-6-13/h2-9,24H,10-11H2,1H3. The molecule has 0 saturated heterocycles. The predicted molar refractivity (Wildman–Crippen MR) is 95.7 cm³/mol.